The van der Waals surface area contributed by atoms with Gasteiger partial charge >= 0.3 is 5.97 Å². The molecule has 0 fully saturated rings. The molecule has 1 aliphatic carbocycles. The number of carbonyl (C=O) groups is 2. The molecule has 176 valence electrons. The van der Waals surface area contributed by atoms with Gasteiger partial charge in [-0.2, -0.15) is 0 Å². The highest BCUT2D eigenvalue weighted by Crippen LogP contribution is 2.44. The fourth-order valence-corrected chi connectivity index (χ4v) is 6.91. The molecule has 0 radical (unpaired) electrons. The van der Waals surface area contributed by atoms with E-state index in [1.807, 2.05) is 0 Å². The Kier molecular flexibility index (Phi) is 7.35. The van der Waals surface area contributed by atoms with E-state index in [0.717, 1.165) is 28.1 Å². The lowest BCUT2D eigenvalue weighted by molar-refractivity contribution is -0.142. The molecule has 10 heteroatoms. The van der Waals surface area contributed by atoms with Crippen molar-refractivity contribution in [2.24, 2.45) is 11.3 Å². The molecule has 0 saturated carbocycles. The van der Waals surface area contributed by atoms with E-state index in [9.17, 15) is 9.59 Å². The maximum atomic E-state index is 12.5. The zero-order valence-corrected chi connectivity index (χ0v) is 21.7. The summed E-state index contributed by atoms with van der Waals surface area (Å²) in [7, 11) is 0. The van der Waals surface area contributed by atoms with E-state index in [-0.39, 0.29) is 24.1 Å². The van der Waals surface area contributed by atoms with E-state index in [2.05, 4.69) is 41.0 Å². The van der Waals surface area contributed by atoms with E-state index in [0.29, 0.717) is 28.8 Å². The van der Waals surface area contributed by atoms with Gasteiger partial charge in [-0.15, -0.1) is 22.7 Å². The van der Waals surface area contributed by atoms with Crippen LogP contribution in [-0.4, -0.2) is 39.2 Å². The number of thiophene rings is 1. The summed E-state index contributed by atoms with van der Waals surface area (Å²) in [6.07, 6.45) is 4.98. The molecule has 7 nitrogen and oxygen atoms in total. The number of aryl methyl sites for hydroxylation is 1. The van der Waals surface area contributed by atoms with Crippen LogP contribution in [0.25, 0.3) is 10.2 Å². The number of carbonyl (C=O) groups excluding carboxylic acids is 2. The molecule has 1 N–H and O–H groups in total. The third-order valence-corrected chi connectivity index (χ3v) is 8.76. The zero-order valence-electron chi connectivity index (χ0n) is 19.3. The zero-order chi connectivity index (χ0) is 23.6. The largest absolute Gasteiger partial charge is 0.466 e. The van der Waals surface area contributed by atoms with Gasteiger partial charge in [-0.05, 0) is 43.1 Å². The second kappa shape index (κ2) is 10.1. The molecule has 0 bridgehead atoms. The Morgan fingerprint density at radius 1 is 1.30 bits per heavy atom. The number of esters is 1. The number of hydrogen-bond donors (Lipinski definition) is 1. The van der Waals surface area contributed by atoms with Gasteiger partial charge in [0, 0.05) is 15.6 Å². The molecule has 0 aromatic carbocycles. The van der Waals surface area contributed by atoms with Crippen molar-refractivity contribution in [1.29, 1.82) is 0 Å². The first kappa shape index (κ1) is 24.1. The molecule has 0 spiro atoms. The van der Waals surface area contributed by atoms with E-state index >= 15 is 0 Å². The number of rotatable bonds is 7. The Bertz CT molecular complexity index is 1170. The van der Waals surface area contributed by atoms with Gasteiger partial charge in [0.15, 0.2) is 5.13 Å². The monoisotopic (exact) mass is 504 g/mol. The number of anilines is 1. The van der Waals surface area contributed by atoms with Gasteiger partial charge in [0.2, 0.25) is 5.91 Å². The van der Waals surface area contributed by atoms with Crippen LogP contribution in [0.15, 0.2) is 16.7 Å². The van der Waals surface area contributed by atoms with E-state index < -0.39 is 0 Å². The number of aromatic nitrogens is 3. The normalized spacial score (nSPS) is 15.9. The summed E-state index contributed by atoms with van der Waals surface area (Å²) in [6.45, 7) is 9.06. The number of thiazole rings is 1. The summed E-state index contributed by atoms with van der Waals surface area (Å²) in [5, 5.41) is 7.04. The second-order valence-electron chi connectivity index (χ2n) is 9.13. The third-order valence-electron chi connectivity index (χ3n) is 5.80. The van der Waals surface area contributed by atoms with Gasteiger partial charge in [0.05, 0.1) is 24.5 Å². The Hall–Kier alpha value is -2.04. The number of nitrogens with zero attached hydrogens (tertiary/aromatic N) is 3. The fraction of sp³-hybridized carbons (Fsp3) is 0.522. The first-order chi connectivity index (χ1) is 15.7. The summed E-state index contributed by atoms with van der Waals surface area (Å²) in [5.74, 6) is 0.422. The van der Waals surface area contributed by atoms with E-state index in [1.54, 1.807) is 30.0 Å². The minimum absolute atomic E-state index is 0.104. The number of nitrogens with one attached hydrogen (secondary N) is 1. The van der Waals surface area contributed by atoms with Crippen molar-refractivity contribution in [3.8, 4) is 0 Å². The molecule has 3 aromatic heterocycles. The number of ether oxygens (including phenoxy) is 1. The first-order valence-electron chi connectivity index (χ1n) is 11.0. The quantitative estimate of drug-likeness (QED) is 0.271. The van der Waals surface area contributed by atoms with Gasteiger partial charge in [-0.3, -0.25) is 9.59 Å². The van der Waals surface area contributed by atoms with Crippen LogP contribution in [0.2, 0.25) is 0 Å². The summed E-state index contributed by atoms with van der Waals surface area (Å²) < 4.78 is 4.94. The maximum absolute atomic E-state index is 12.5. The van der Waals surface area contributed by atoms with Crippen molar-refractivity contribution in [1.82, 2.24) is 15.0 Å². The van der Waals surface area contributed by atoms with Crippen molar-refractivity contribution >= 4 is 61.7 Å². The highest BCUT2D eigenvalue weighted by atomic mass is 32.2. The van der Waals surface area contributed by atoms with Crippen LogP contribution in [0.5, 0.6) is 0 Å². The Morgan fingerprint density at radius 3 is 2.88 bits per heavy atom. The lowest BCUT2D eigenvalue weighted by atomic mass is 9.72. The molecule has 1 amide bonds. The van der Waals surface area contributed by atoms with Gasteiger partial charge in [0.25, 0.3) is 0 Å². The summed E-state index contributed by atoms with van der Waals surface area (Å²) in [6, 6.07) is 0. The van der Waals surface area contributed by atoms with Crippen LogP contribution in [0.1, 0.15) is 50.3 Å². The van der Waals surface area contributed by atoms with Crippen LogP contribution >= 0.6 is 34.4 Å². The molecule has 3 aromatic rings. The molecule has 0 unspecified atom stereocenters. The molecular formula is C23H28N4O3S3. The minimum atomic E-state index is -0.322. The van der Waals surface area contributed by atoms with Crippen LogP contribution in [-0.2, 0) is 33.6 Å². The standard InChI is InChI=1S/C23H28N4O3S3/c1-5-30-18(29)9-14-10-32-22(26-14)27-17(28)11-31-20-19-15-7-6-13(23(2,3)4)8-16(15)33-21(19)25-12-24-20/h10,12-13H,5-9,11H2,1-4H3,(H,26,27,28)/t13-/m1/s1. The van der Waals surface area contributed by atoms with Gasteiger partial charge < -0.3 is 10.1 Å². The second-order valence-corrected chi connectivity index (χ2v) is 12.0. The van der Waals surface area contributed by atoms with Gasteiger partial charge in [0.1, 0.15) is 16.2 Å². The van der Waals surface area contributed by atoms with Gasteiger partial charge in [-0.1, -0.05) is 32.5 Å². The predicted molar refractivity (Wildman–Crippen MR) is 134 cm³/mol. The Labute approximate surface area is 205 Å². The topological polar surface area (TPSA) is 94.1 Å². The molecule has 4 rings (SSSR count). The predicted octanol–water partition coefficient (Wildman–Crippen LogP) is 5.14. The third kappa shape index (κ3) is 5.73. The van der Waals surface area contributed by atoms with Crippen molar-refractivity contribution in [2.45, 2.75) is 58.4 Å². The van der Waals surface area contributed by atoms with Crippen LogP contribution in [0, 0.1) is 11.3 Å². The molecule has 0 saturated heterocycles. The lowest BCUT2D eigenvalue weighted by Gasteiger charge is -2.33. The van der Waals surface area contributed by atoms with Crippen LogP contribution < -0.4 is 5.32 Å². The van der Waals surface area contributed by atoms with Crippen LogP contribution in [0.3, 0.4) is 0 Å². The molecule has 0 aliphatic heterocycles. The number of thioether (sulfide) groups is 1. The molecule has 33 heavy (non-hydrogen) atoms. The molecular weight excluding hydrogens is 476 g/mol. The number of fused-ring (bicyclic) bond motifs is 3. The van der Waals surface area contributed by atoms with Crippen molar-refractivity contribution in [2.75, 3.05) is 17.7 Å². The lowest BCUT2D eigenvalue weighted by Crippen LogP contribution is -2.26. The van der Waals surface area contributed by atoms with Crippen LogP contribution in [0.4, 0.5) is 5.13 Å². The average Bonchev–Trinajstić information content (AvgIpc) is 3.35. The highest BCUT2D eigenvalue weighted by molar-refractivity contribution is 8.00. The van der Waals surface area contributed by atoms with Crippen molar-refractivity contribution in [3.05, 3.63) is 27.8 Å². The number of amides is 1. The smallest absolute Gasteiger partial charge is 0.311 e. The molecule has 3 heterocycles. The number of hydrogen-bond acceptors (Lipinski definition) is 9. The van der Waals surface area contributed by atoms with E-state index in [1.165, 1.54) is 40.0 Å². The average molecular weight is 505 g/mol. The summed E-state index contributed by atoms with van der Waals surface area (Å²) in [4.78, 5) is 39.9. The summed E-state index contributed by atoms with van der Waals surface area (Å²) >= 11 is 4.50. The molecule has 1 aliphatic rings. The maximum Gasteiger partial charge on any atom is 0.311 e. The van der Waals surface area contributed by atoms with Crippen molar-refractivity contribution < 1.29 is 14.3 Å². The molecule has 1 atom stereocenters. The van der Waals surface area contributed by atoms with Gasteiger partial charge in [-0.25, -0.2) is 15.0 Å². The van der Waals surface area contributed by atoms with E-state index in [4.69, 9.17) is 4.74 Å². The Morgan fingerprint density at radius 2 is 2.12 bits per heavy atom. The minimum Gasteiger partial charge on any atom is -0.466 e. The summed E-state index contributed by atoms with van der Waals surface area (Å²) in [5.41, 5.74) is 2.25. The van der Waals surface area contributed by atoms with Crippen molar-refractivity contribution in [3.63, 3.8) is 0 Å². The fourth-order valence-electron chi connectivity index (χ4n) is 4.02. The SMILES string of the molecule is CCOC(=O)Cc1csc(NC(=O)CSc2ncnc3sc4c(c23)CC[C@@H](C(C)(C)C)C4)n1. The highest BCUT2D eigenvalue weighted by Gasteiger charge is 2.31. The first-order valence-corrected chi connectivity index (χ1v) is 13.7. The Balaban J connectivity index is 1.41.